The van der Waals surface area contributed by atoms with Crippen molar-refractivity contribution in [3.05, 3.63) is 17.2 Å². The fraction of sp³-hybridized carbons (Fsp3) is 0.500. The molecule has 1 aliphatic rings. The molecule has 0 bridgehead atoms. The van der Waals surface area contributed by atoms with Gasteiger partial charge in [-0.25, -0.2) is 4.98 Å². The molecule has 8 heteroatoms. The van der Waals surface area contributed by atoms with Gasteiger partial charge in [0, 0.05) is 13.6 Å². The lowest BCUT2D eigenvalue weighted by molar-refractivity contribution is -0.146. The van der Waals surface area contributed by atoms with E-state index in [0.717, 1.165) is 0 Å². The summed E-state index contributed by atoms with van der Waals surface area (Å²) in [5.41, 5.74) is 0. The number of halogens is 1. The summed E-state index contributed by atoms with van der Waals surface area (Å²) in [7, 11) is 1.74. The van der Waals surface area contributed by atoms with Gasteiger partial charge in [0.2, 0.25) is 5.91 Å². The van der Waals surface area contributed by atoms with Crippen molar-refractivity contribution in [2.24, 2.45) is 7.05 Å². The van der Waals surface area contributed by atoms with E-state index < -0.39 is 12.0 Å². The van der Waals surface area contributed by atoms with Crippen LogP contribution in [0.25, 0.3) is 0 Å². The molecule has 0 saturated carbocycles. The quantitative estimate of drug-likeness (QED) is 0.772. The van der Waals surface area contributed by atoms with Crippen LogP contribution in [0.3, 0.4) is 0 Å². The van der Waals surface area contributed by atoms with Crippen LogP contribution >= 0.6 is 11.6 Å². The largest absolute Gasteiger partial charge is 0.480 e. The van der Waals surface area contributed by atoms with Crippen molar-refractivity contribution < 1.29 is 14.7 Å². The molecule has 0 aliphatic carbocycles. The molecule has 1 amide bonds. The summed E-state index contributed by atoms with van der Waals surface area (Å²) in [6.07, 6.45) is 1.50. The van der Waals surface area contributed by atoms with Crippen molar-refractivity contribution in [1.82, 2.24) is 19.8 Å². The second kappa shape index (κ2) is 4.95. The van der Waals surface area contributed by atoms with Crippen molar-refractivity contribution in [3.63, 3.8) is 0 Å². The van der Waals surface area contributed by atoms with Crippen LogP contribution in [0, 0.1) is 0 Å². The van der Waals surface area contributed by atoms with E-state index >= 15 is 0 Å². The Morgan fingerprint density at radius 3 is 3.00 bits per heavy atom. The van der Waals surface area contributed by atoms with E-state index in [2.05, 4.69) is 10.3 Å². The minimum atomic E-state index is -0.963. The first-order valence-electron chi connectivity index (χ1n) is 5.38. The lowest BCUT2D eigenvalue weighted by Gasteiger charge is -2.32. The standard InChI is InChI=1S/C10H13ClN4O3/c1-14-7(11)3-12-8(14)4-15-5-9(16)13-2-6(15)10(17)18/h3,6H,2,4-5H2,1H3,(H,13,16)(H,17,18). The molecule has 1 aliphatic heterocycles. The Labute approximate surface area is 108 Å². The second-order valence-electron chi connectivity index (χ2n) is 4.12. The SMILES string of the molecule is Cn1c(Cl)cnc1CN1CC(=O)NCC1C(=O)O. The number of amides is 1. The number of carboxylic acids is 1. The van der Waals surface area contributed by atoms with Crippen LogP contribution in [-0.4, -0.2) is 50.6 Å². The Hall–Kier alpha value is -1.60. The fourth-order valence-electron chi connectivity index (χ4n) is 1.85. The zero-order chi connectivity index (χ0) is 13.3. The second-order valence-corrected chi connectivity index (χ2v) is 4.51. The van der Waals surface area contributed by atoms with Gasteiger partial charge in [0.15, 0.2) is 0 Å². The third kappa shape index (κ3) is 2.46. The van der Waals surface area contributed by atoms with Gasteiger partial charge in [-0.3, -0.25) is 14.5 Å². The number of piperazine rings is 1. The van der Waals surface area contributed by atoms with Gasteiger partial charge in [-0.1, -0.05) is 11.6 Å². The van der Waals surface area contributed by atoms with E-state index in [0.29, 0.717) is 11.0 Å². The number of carbonyl (C=O) groups excluding carboxylic acids is 1. The average Bonchev–Trinajstić information content (AvgIpc) is 2.61. The number of rotatable bonds is 3. The molecule has 98 valence electrons. The predicted octanol–water partition coefficient (Wildman–Crippen LogP) is -0.541. The number of imidazole rings is 1. The van der Waals surface area contributed by atoms with Crippen molar-refractivity contribution in [2.45, 2.75) is 12.6 Å². The normalized spacial score (nSPS) is 20.8. The maximum absolute atomic E-state index is 11.3. The minimum Gasteiger partial charge on any atom is -0.480 e. The first kappa shape index (κ1) is 12.8. The first-order valence-corrected chi connectivity index (χ1v) is 5.76. The third-order valence-electron chi connectivity index (χ3n) is 2.94. The summed E-state index contributed by atoms with van der Waals surface area (Å²) < 4.78 is 1.66. The zero-order valence-corrected chi connectivity index (χ0v) is 10.5. The monoisotopic (exact) mass is 272 g/mol. The molecule has 1 saturated heterocycles. The van der Waals surface area contributed by atoms with Gasteiger partial charge < -0.3 is 15.0 Å². The maximum atomic E-state index is 11.3. The Kier molecular flexibility index (Phi) is 3.53. The van der Waals surface area contributed by atoms with Crippen LogP contribution in [0.15, 0.2) is 6.20 Å². The third-order valence-corrected chi connectivity index (χ3v) is 3.29. The number of nitrogens with zero attached hydrogens (tertiary/aromatic N) is 3. The number of carboxylic acid groups (broad SMARTS) is 1. The lowest BCUT2D eigenvalue weighted by atomic mass is 10.2. The van der Waals surface area contributed by atoms with Crippen molar-refractivity contribution >= 4 is 23.5 Å². The molecule has 0 radical (unpaired) electrons. The Morgan fingerprint density at radius 2 is 2.44 bits per heavy atom. The number of aromatic nitrogens is 2. The lowest BCUT2D eigenvalue weighted by Crippen LogP contribution is -2.57. The first-order chi connectivity index (χ1) is 8.49. The van der Waals surface area contributed by atoms with Gasteiger partial charge in [-0.15, -0.1) is 0 Å². The van der Waals surface area contributed by atoms with Crippen LogP contribution < -0.4 is 5.32 Å². The van der Waals surface area contributed by atoms with Crippen LogP contribution in [0.4, 0.5) is 0 Å². The molecule has 1 unspecified atom stereocenters. The Morgan fingerprint density at radius 1 is 1.72 bits per heavy atom. The van der Waals surface area contributed by atoms with E-state index in [1.807, 2.05) is 0 Å². The number of nitrogens with one attached hydrogen (secondary N) is 1. The Bertz CT molecular complexity index is 487. The highest BCUT2D eigenvalue weighted by molar-refractivity contribution is 6.29. The molecule has 0 aromatic carbocycles. The minimum absolute atomic E-state index is 0.0431. The Balaban J connectivity index is 2.16. The van der Waals surface area contributed by atoms with Crippen LogP contribution in [-0.2, 0) is 23.2 Å². The molecule has 2 heterocycles. The van der Waals surface area contributed by atoms with E-state index in [1.165, 1.54) is 6.20 Å². The van der Waals surface area contributed by atoms with E-state index in [-0.39, 0.29) is 25.5 Å². The molecule has 2 rings (SSSR count). The summed E-state index contributed by atoms with van der Waals surface area (Å²) in [5, 5.41) is 12.1. The van der Waals surface area contributed by atoms with Gasteiger partial charge in [-0.05, 0) is 0 Å². The average molecular weight is 273 g/mol. The highest BCUT2D eigenvalue weighted by Gasteiger charge is 2.32. The van der Waals surface area contributed by atoms with Gasteiger partial charge in [0.1, 0.15) is 17.0 Å². The van der Waals surface area contributed by atoms with Gasteiger partial charge in [-0.2, -0.15) is 0 Å². The molecule has 18 heavy (non-hydrogen) atoms. The number of hydrogen-bond donors (Lipinski definition) is 2. The van der Waals surface area contributed by atoms with Crippen molar-refractivity contribution in [1.29, 1.82) is 0 Å². The molecule has 7 nitrogen and oxygen atoms in total. The number of hydrogen-bond acceptors (Lipinski definition) is 4. The summed E-state index contributed by atoms with van der Waals surface area (Å²) in [4.78, 5) is 28.1. The molecular weight excluding hydrogens is 260 g/mol. The summed E-state index contributed by atoms with van der Waals surface area (Å²) >= 11 is 5.86. The number of aliphatic carboxylic acids is 1. The molecule has 1 fully saturated rings. The maximum Gasteiger partial charge on any atom is 0.322 e. The van der Waals surface area contributed by atoms with E-state index in [4.69, 9.17) is 16.7 Å². The van der Waals surface area contributed by atoms with E-state index in [9.17, 15) is 9.59 Å². The van der Waals surface area contributed by atoms with Gasteiger partial charge in [0.05, 0.1) is 19.3 Å². The fourth-order valence-corrected chi connectivity index (χ4v) is 2.00. The summed E-state index contributed by atoms with van der Waals surface area (Å²) in [6.45, 7) is 0.418. The molecule has 1 aromatic heterocycles. The van der Waals surface area contributed by atoms with Crippen LogP contribution in [0.5, 0.6) is 0 Å². The molecular formula is C10H13ClN4O3. The van der Waals surface area contributed by atoms with Gasteiger partial charge >= 0.3 is 5.97 Å². The van der Waals surface area contributed by atoms with Gasteiger partial charge in [0.25, 0.3) is 0 Å². The van der Waals surface area contributed by atoms with Crippen molar-refractivity contribution in [3.8, 4) is 0 Å². The van der Waals surface area contributed by atoms with Crippen LogP contribution in [0.2, 0.25) is 5.15 Å². The predicted molar refractivity (Wildman–Crippen MR) is 63.1 cm³/mol. The highest BCUT2D eigenvalue weighted by atomic mass is 35.5. The molecule has 0 spiro atoms. The molecule has 2 N–H and O–H groups in total. The van der Waals surface area contributed by atoms with Crippen molar-refractivity contribution in [2.75, 3.05) is 13.1 Å². The van der Waals surface area contributed by atoms with Crippen LogP contribution in [0.1, 0.15) is 5.82 Å². The molecule has 1 atom stereocenters. The smallest absolute Gasteiger partial charge is 0.322 e. The highest BCUT2D eigenvalue weighted by Crippen LogP contribution is 2.14. The topological polar surface area (TPSA) is 87.5 Å². The molecule has 1 aromatic rings. The summed E-state index contributed by atoms with van der Waals surface area (Å²) in [6, 6.07) is -0.738. The summed E-state index contributed by atoms with van der Waals surface area (Å²) in [5.74, 6) is -0.524. The zero-order valence-electron chi connectivity index (χ0n) is 9.76. The van der Waals surface area contributed by atoms with E-state index in [1.54, 1.807) is 16.5 Å². The number of carbonyl (C=O) groups is 2.